The number of nitrogen functional groups attached to an aromatic ring is 1. The highest BCUT2D eigenvalue weighted by Crippen LogP contribution is 2.28. The summed E-state index contributed by atoms with van der Waals surface area (Å²) in [7, 11) is 0. The first-order valence-corrected chi connectivity index (χ1v) is 3.74. The van der Waals surface area contributed by atoms with Gasteiger partial charge in [0.1, 0.15) is 5.69 Å². The molecule has 4 heteroatoms. The van der Waals surface area contributed by atoms with Crippen LogP contribution in [0.3, 0.4) is 0 Å². The number of anilines is 1. The number of aryl methyl sites for hydroxylation is 1. The van der Waals surface area contributed by atoms with Gasteiger partial charge in [-0.2, -0.15) is 0 Å². The number of nitrogens with zero attached hydrogens (tertiary/aromatic N) is 1. The normalized spacial score (nSPS) is 9.62. The van der Waals surface area contributed by atoms with Crippen LogP contribution in [0.1, 0.15) is 11.1 Å². The SMILES string of the molecule is C=Cc1c(C)ccc([N+](=O)[O-])c1N. The monoisotopic (exact) mass is 178 g/mol. The zero-order chi connectivity index (χ0) is 10.0. The van der Waals surface area contributed by atoms with E-state index in [0.29, 0.717) is 5.56 Å². The Morgan fingerprint density at radius 1 is 1.62 bits per heavy atom. The molecule has 1 aromatic rings. The molecule has 1 aromatic carbocycles. The van der Waals surface area contributed by atoms with Crippen LogP contribution in [0, 0.1) is 17.0 Å². The van der Waals surface area contributed by atoms with Gasteiger partial charge in [0.2, 0.25) is 0 Å². The third-order valence-corrected chi connectivity index (χ3v) is 1.88. The van der Waals surface area contributed by atoms with Crippen molar-refractivity contribution in [3.8, 4) is 0 Å². The lowest BCUT2D eigenvalue weighted by atomic mass is 10.1. The van der Waals surface area contributed by atoms with Gasteiger partial charge in [-0.1, -0.05) is 18.7 Å². The molecule has 0 atom stereocenters. The van der Waals surface area contributed by atoms with Gasteiger partial charge in [0.05, 0.1) is 4.92 Å². The molecule has 0 aromatic heterocycles. The Bertz CT molecular complexity index is 372. The van der Waals surface area contributed by atoms with Crippen molar-refractivity contribution in [2.75, 3.05) is 5.73 Å². The zero-order valence-corrected chi connectivity index (χ0v) is 7.28. The molecule has 0 bridgehead atoms. The van der Waals surface area contributed by atoms with Gasteiger partial charge in [-0.05, 0) is 12.5 Å². The van der Waals surface area contributed by atoms with Gasteiger partial charge >= 0.3 is 0 Å². The molecule has 1 rings (SSSR count). The van der Waals surface area contributed by atoms with Gasteiger partial charge in [0, 0.05) is 11.6 Å². The number of benzene rings is 1. The lowest BCUT2D eigenvalue weighted by Crippen LogP contribution is -1.99. The van der Waals surface area contributed by atoms with Crippen molar-refractivity contribution >= 4 is 17.5 Å². The van der Waals surface area contributed by atoms with E-state index in [1.807, 2.05) is 6.92 Å². The van der Waals surface area contributed by atoms with Crippen LogP contribution in [0.15, 0.2) is 18.7 Å². The van der Waals surface area contributed by atoms with E-state index < -0.39 is 4.92 Å². The average Bonchev–Trinajstić information content (AvgIpc) is 2.04. The summed E-state index contributed by atoms with van der Waals surface area (Å²) in [4.78, 5) is 9.99. The minimum atomic E-state index is -0.498. The maximum absolute atomic E-state index is 10.5. The van der Waals surface area contributed by atoms with Crippen LogP contribution in [-0.2, 0) is 0 Å². The smallest absolute Gasteiger partial charge is 0.292 e. The summed E-state index contributed by atoms with van der Waals surface area (Å²) in [6, 6.07) is 3.06. The summed E-state index contributed by atoms with van der Waals surface area (Å²) in [5.41, 5.74) is 7.21. The van der Waals surface area contributed by atoms with Crippen LogP contribution in [0.5, 0.6) is 0 Å². The van der Waals surface area contributed by atoms with Crippen LogP contribution >= 0.6 is 0 Å². The van der Waals surface area contributed by atoms with Gasteiger partial charge in [0.25, 0.3) is 5.69 Å². The van der Waals surface area contributed by atoms with Gasteiger partial charge in [-0.3, -0.25) is 10.1 Å². The Hall–Kier alpha value is -1.84. The lowest BCUT2D eigenvalue weighted by Gasteiger charge is -2.04. The van der Waals surface area contributed by atoms with E-state index in [2.05, 4.69) is 6.58 Å². The van der Waals surface area contributed by atoms with Crippen molar-refractivity contribution in [2.45, 2.75) is 6.92 Å². The largest absolute Gasteiger partial charge is 0.393 e. The molecule has 0 saturated carbocycles. The summed E-state index contributed by atoms with van der Waals surface area (Å²) in [6.07, 6.45) is 1.53. The molecule has 0 heterocycles. The summed E-state index contributed by atoms with van der Waals surface area (Å²) in [5, 5.41) is 10.5. The first kappa shape index (κ1) is 9.25. The second-order valence-corrected chi connectivity index (χ2v) is 2.69. The molecule has 0 radical (unpaired) electrons. The Morgan fingerprint density at radius 3 is 2.69 bits per heavy atom. The van der Waals surface area contributed by atoms with Crippen molar-refractivity contribution in [3.05, 3.63) is 40.0 Å². The molecular formula is C9H10N2O2. The fourth-order valence-corrected chi connectivity index (χ4v) is 1.16. The molecule has 4 nitrogen and oxygen atoms in total. The fraction of sp³-hybridized carbons (Fsp3) is 0.111. The van der Waals surface area contributed by atoms with Crippen molar-refractivity contribution < 1.29 is 4.92 Å². The minimum absolute atomic E-state index is 0.0690. The third kappa shape index (κ3) is 1.51. The van der Waals surface area contributed by atoms with Crippen molar-refractivity contribution in [1.29, 1.82) is 0 Å². The topological polar surface area (TPSA) is 69.2 Å². The Labute approximate surface area is 75.8 Å². The molecule has 0 aliphatic rings. The number of nitrogens with two attached hydrogens (primary N) is 1. The summed E-state index contributed by atoms with van der Waals surface area (Å²) < 4.78 is 0. The van der Waals surface area contributed by atoms with Crippen LogP contribution in [0.2, 0.25) is 0 Å². The highest BCUT2D eigenvalue weighted by atomic mass is 16.6. The predicted molar refractivity (Wildman–Crippen MR) is 52.3 cm³/mol. The number of nitro benzene ring substituents is 1. The maximum atomic E-state index is 10.5. The van der Waals surface area contributed by atoms with E-state index in [4.69, 9.17) is 5.73 Å². The second kappa shape index (κ2) is 3.26. The summed E-state index contributed by atoms with van der Waals surface area (Å²) in [6.45, 7) is 5.38. The van der Waals surface area contributed by atoms with E-state index in [9.17, 15) is 10.1 Å². The predicted octanol–water partition coefficient (Wildman–Crippen LogP) is 2.13. The van der Waals surface area contributed by atoms with E-state index in [1.165, 1.54) is 12.1 Å². The Kier molecular flexibility index (Phi) is 2.32. The zero-order valence-electron chi connectivity index (χ0n) is 7.28. The number of hydrogen-bond acceptors (Lipinski definition) is 3. The van der Waals surface area contributed by atoms with E-state index in [1.54, 1.807) is 6.07 Å². The molecule has 0 aliphatic carbocycles. The third-order valence-electron chi connectivity index (χ3n) is 1.88. The Balaban J connectivity index is 3.44. The van der Waals surface area contributed by atoms with Crippen LogP contribution in [0.4, 0.5) is 11.4 Å². The molecule has 0 unspecified atom stereocenters. The van der Waals surface area contributed by atoms with Crippen molar-refractivity contribution in [3.63, 3.8) is 0 Å². The average molecular weight is 178 g/mol. The van der Waals surface area contributed by atoms with Gasteiger partial charge < -0.3 is 5.73 Å². The quantitative estimate of drug-likeness (QED) is 0.428. The first-order chi connectivity index (χ1) is 6.07. The molecule has 0 saturated heterocycles. The highest BCUT2D eigenvalue weighted by molar-refractivity contribution is 5.74. The molecular weight excluding hydrogens is 168 g/mol. The molecule has 0 spiro atoms. The number of nitro groups is 1. The molecule has 2 N–H and O–H groups in total. The Morgan fingerprint density at radius 2 is 2.23 bits per heavy atom. The standard InChI is InChI=1S/C9H10N2O2/c1-3-7-6(2)4-5-8(9(7)10)11(12)13/h3-5H,1,10H2,2H3. The summed E-state index contributed by atoms with van der Waals surface area (Å²) >= 11 is 0. The van der Waals surface area contributed by atoms with E-state index >= 15 is 0 Å². The van der Waals surface area contributed by atoms with Crippen LogP contribution in [-0.4, -0.2) is 4.92 Å². The highest BCUT2D eigenvalue weighted by Gasteiger charge is 2.14. The number of hydrogen-bond donors (Lipinski definition) is 1. The van der Waals surface area contributed by atoms with Crippen molar-refractivity contribution in [1.82, 2.24) is 0 Å². The van der Waals surface area contributed by atoms with Crippen LogP contribution < -0.4 is 5.73 Å². The molecule has 68 valence electrons. The van der Waals surface area contributed by atoms with Gasteiger partial charge in [-0.25, -0.2) is 0 Å². The molecule has 0 fully saturated rings. The molecule has 0 aliphatic heterocycles. The summed E-state index contributed by atoms with van der Waals surface area (Å²) in [5.74, 6) is 0. The second-order valence-electron chi connectivity index (χ2n) is 2.69. The van der Waals surface area contributed by atoms with Gasteiger partial charge in [0.15, 0.2) is 0 Å². The minimum Gasteiger partial charge on any atom is -0.393 e. The molecule has 13 heavy (non-hydrogen) atoms. The lowest BCUT2D eigenvalue weighted by molar-refractivity contribution is -0.383. The maximum Gasteiger partial charge on any atom is 0.292 e. The fourth-order valence-electron chi connectivity index (χ4n) is 1.16. The van der Waals surface area contributed by atoms with Crippen molar-refractivity contribution in [2.24, 2.45) is 0 Å². The first-order valence-electron chi connectivity index (χ1n) is 3.74. The molecule has 0 amide bonds. The van der Waals surface area contributed by atoms with E-state index in [-0.39, 0.29) is 11.4 Å². The van der Waals surface area contributed by atoms with Gasteiger partial charge in [-0.15, -0.1) is 0 Å². The van der Waals surface area contributed by atoms with E-state index in [0.717, 1.165) is 5.56 Å². The van der Waals surface area contributed by atoms with Crippen LogP contribution in [0.25, 0.3) is 6.08 Å². The number of rotatable bonds is 2.